The topological polar surface area (TPSA) is 50.0 Å². The zero-order valence-corrected chi connectivity index (χ0v) is 12.1. The Bertz CT molecular complexity index is 669. The smallest absolute Gasteiger partial charge is 0.231 e. The number of likely N-dealkylation sites (N-methyl/N-ethyl adjacent to an activating group) is 1. The van der Waals surface area contributed by atoms with Crippen molar-refractivity contribution in [1.82, 2.24) is 9.78 Å². The second-order valence-corrected chi connectivity index (χ2v) is 5.45. The van der Waals surface area contributed by atoms with Gasteiger partial charge in [0.1, 0.15) is 0 Å². The number of ether oxygens (including phenoxy) is 3. The lowest BCUT2D eigenvalue weighted by atomic mass is 9.95. The van der Waals surface area contributed by atoms with Gasteiger partial charge in [-0.15, -0.1) is 0 Å². The fourth-order valence-corrected chi connectivity index (χ4v) is 3.29. The first kappa shape index (κ1) is 12.5. The van der Waals surface area contributed by atoms with Gasteiger partial charge in [0.2, 0.25) is 18.7 Å². The molecule has 6 nitrogen and oxygen atoms in total. The lowest BCUT2D eigenvalue weighted by Crippen LogP contribution is -3.11. The van der Waals surface area contributed by atoms with Gasteiger partial charge in [-0.1, -0.05) is 0 Å². The van der Waals surface area contributed by atoms with E-state index in [4.69, 9.17) is 14.2 Å². The van der Waals surface area contributed by atoms with E-state index >= 15 is 0 Å². The van der Waals surface area contributed by atoms with Crippen molar-refractivity contribution in [3.8, 4) is 17.2 Å². The molecule has 1 aromatic heterocycles. The number of benzene rings is 1. The van der Waals surface area contributed by atoms with E-state index in [1.54, 1.807) is 13.3 Å². The molecule has 0 amide bonds. The predicted molar refractivity (Wildman–Crippen MR) is 74.9 cm³/mol. The summed E-state index contributed by atoms with van der Waals surface area (Å²) in [5, 5.41) is 4.43. The summed E-state index contributed by atoms with van der Waals surface area (Å²) >= 11 is 0. The summed E-state index contributed by atoms with van der Waals surface area (Å²) in [5.74, 6) is 2.27. The predicted octanol–water partition coefficient (Wildman–Crippen LogP) is 0.238. The van der Waals surface area contributed by atoms with Gasteiger partial charge in [0.25, 0.3) is 0 Å². The van der Waals surface area contributed by atoms with Gasteiger partial charge in [0.05, 0.1) is 26.3 Å². The highest BCUT2D eigenvalue weighted by Gasteiger charge is 2.37. The molecular formula is C15H18N3O3+. The molecule has 21 heavy (non-hydrogen) atoms. The largest absolute Gasteiger partial charge is 0.492 e. The maximum Gasteiger partial charge on any atom is 0.231 e. The van der Waals surface area contributed by atoms with Crippen LogP contribution in [0.15, 0.2) is 24.5 Å². The number of hydrogen-bond donors (Lipinski definition) is 1. The highest BCUT2D eigenvalue weighted by atomic mass is 16.7. The van der Waals surface area contributed by atoms with Gasteiger partial charge in [-0.25, -0.2) is 4.68 Å². The Labute approximate surface area is 122 Å². The van der Waals surface area contributed by atoms with E-state index in [1.807, 2.05) is 16.9 Å². The van der Waals surface area contributed by atoms with Crippen molar-refractivity contribution in [2.24, 2.45) is 0 Å². The van der Waals surface area contributed by atoms with Crippen molar-refractivity contribution in [2.45, 2.75) is 12.6 Å². The number of methoxy groups -OCH3 is 1. The lowest BCUT2D eigenvalue weighted by Gasteiger charge is -2.32. The average molecular weight is 288 g/mol. The van der Waals surface area contributed by atoms with Crippen LogP contribution >= 0.6 is 0 Å². The summed E-state index contributed by atoms with van der Waals surface area (Å²) in [7, 11) is 3.86. The zero-order valence-electron chi connectivity index (χ0n) is 12.1. The molecule has 110 valence electrons. The van der Waals surface area contributed by atoms with E-state index in [-0.39, 0.29) is 13.0 Å². The van der Waals surface area contributed by atoms with Crippen LogP contribution in [0.5, 0.6) is 17.2 Å². The SMILES string of the molecule is COc1c2c(cc3c1[C@@H](n1cccn1)[NH+](C)CC3)OCO2. The molecule has 2 aromatic rings. The standard InChI is InChI=1S/C15H17N3O3/c1-17-7-4-10-8-11-13(21-9-20-11)14(19-2)12(10)15(17)18-6-3-5-16-18/h3,5-6,8,15H,4,7,9H2,1-2H3/p+1/t15-/m1/s1. The maximum atomic E-state index is 5.67. The number of fused-ring (bicyclic) bond motifs is 2. The van der Waals surface area contributed by atoms with Crippen LogP contribution in [0.3, 0.4) is 0 Å². The first-order valence-corrected chi connectivity index (χ1v) is 7.10. The quantitative estimate of drug-likeness (QED) is 0.860. The van der Waals surface area contributed by atoms with E-state index in [0.29, 0.717) is 5.75 Å². The van der Waals surface area contributed by atoms with Gasteiger partial charge in [0.15, 0.2) is 11.5 Å². The van der Waals surface area contributed by atoms with E-state index < -0.39 is 0 Å². The number of aromatic nitrogens is 2. The van der Waals surface area contributed by atoms with Crippen molar-refractivity contribution in [2.75, 3.05) is 27.5 Å². The third-order valence-corrected chi connectivity index (χ3v) is 4.27. The van der Waals surface area contributed by atoms with E-state index in [2.05, 4.69) is 18.2 Å². The summed E-state index contributed by atoms with van der Waals surface area (Å²) in [5.41, 5.74) is 2.40. The van der Waals surface area contributed by atoms with Gasteiger partial charge in [-0.2, -0.15) is 5.10 Å². The molecule has 1 unspecified atom stereocenters. The monoisotopic (exact) mass is 288 g/mol. The molecule has 0 spiro atoms. The molecule has 6 heteroatoms. The summed E-state index contributed by atoms with van der Waals surface area (Å²) < 4.78 is 18.8. The fraction of sp³-hybridized carbons (Fsp3) is 0.400. The Morgan fingerprint density at radius 1 is 1.43 bits per heavy atom. The van der Waals surface area contributed by atoms with Gasteiger partial charge >= 0.3 is 0 Å². The molecule has 1 N–H and O–H groups in total. The van der Waals surface area contributed by atoms with Gasteiger partial charge in [-0.3, -0.25) is 0 Å². The lowest BCUT2D eigenvalue weighted by molar-refractivity contribution is -0.919. The summed E-state index contributed by atoms with van der Waals surface area (Å²) in [6.07, 6.45) is 4.88. The van der Waals surface area contributed by atoms with Crippen molar-refractivity contribution in [3.63, 3.8) is 0 Å². The molecule has 2 aliphatic rings. The van der Waals surface area contributed by atoms with Crippen LogP contribution < -0.4 is 19.1 Å². The number of quaternary nitrogens is 1. The normalized spacial score (nSPS) is 23.0. The molecule has 2 atom stereocenters. The van der Waals surface area contributed by atoms with Crippen molar-refractivity contribution >= 4 is 0 Å². The average Bonchev–Trinajstić information content (AvgIpc) is 3.15. The van der Waals surface area contributed by atoms with E-state index in [9.17, 15) is 0 Å². The molecule has 0 fully saturated rings. The molecule has 0 saturated carbocycles. The minimum Gasteiger partial charge on any atom is -0.492 e. The van der Waals surface area contributed by atoms with Gasteiger partial charge < -0.3 is 19.1 Å². The molecule has 1 aromatic carbocycles. The van der Waals surface area contributed by atoms with Crippen LogP contribution in [0.4, 0.5) is 0 Å². The van der Waals surface area contributed by atoms with Crippen molar-refractivity contribution < 1.29 is 19.1 Å². The molecule has 0 saturated heterocycles. The molecule has 4 rings (SSSR count). The number of hydrogen-bond acceptors (Lipinski definition) is 4. The second-order valence-electron chi connectivity index (χ2n) is 5.45. The summed E-state index contributed by atoms with van der Waals surface area (Å²) in [6.45, 7) is 1.30. The Balaban J connectivity index is 1.95. The highest BCUT2D eigenvalue weighted by Crippen LogP contribution is 2.47. The van der Waals surface area contributed by atoms with Crippen LogP contribution in [-0.2, 0) is 6.42 Å². The van der Waals surface area contributed by atoms with Gasteiger partial charge in [-0.05, 0) is 17.7 Å². The van der Waals surface area contributed by atoms with Gasteiger partial charge in [0, 0.05) is 18.8 Å². The molecular weight excluding hydrogens is 270 g/mol. The fourth-order valence-electron chi connectivity index (χ4n) is 3.29. The van der Waals surface area contributed by atoms with E-state index in [1.165, 1.54) is 10.5 Å². The molecule has 2 aliphatic heterocycles. The van der Waals surface area contributed by atoms with Crippen LogP contribution in [0.25, 0.3) is 0 Å². The zero-order chi connectivity index (χ0) is 14.4. The molecule has 0 bridgehead atoms. The van der Waals surface area contributed by atoms with Crippen LogP contribution in [0.1, 0.15) is 17.3 Å². The number of nitrogens with zero attached hydrogens (tertiary/aromatic N) is 2. The van der Waals surface area contributed by atoms with Crippen molar-refractivity contribution in [3.05, 3.63) is 35.7 Å². The molecule has 3 heterocycles. The minimum atomic E-state index is 0.0909. The van der Waals surface area contributed by atoms with Crippen LogP contribution in [0, 0.1) is 0 Å². The Kier molecular flexibility index (Phi) is 2.78. The Hall–Kier alpha value is -2.21. The molecule has 0 radical (unpaired) electrons. The molecule has 0 aliphatic carbocycles. The van der Waals surface area contributed by atoms with Crippen LogP contribution in [-0.4, -0.2) is 37.3 Å². The first-order chi connectivity index (χ1) is 10.3. The number of rotatable bonds is 2. The second kappa shape index (κ2) is 4.66. The Morgan fingerprint density at radius 2 is 2.33 bits per heavy atom. The Morgan fingerprint density at radius 3 is 3.10 bits per heavy atom. The first-order valence-electron chi connectivity index (χ1n) is 7.10. The van der Waals surface area contributed by atoms with Crippen molar-refractivity contribution in [1.29, 1.82) is 0 Å². The third-order valence-electron chi connectivity index (χ3n) is 4.27. The summed E-state index contributed by atoms with van der Waals surface area (Å²) in [6, 6.07) is 4.03. The van der Waals surface area contributed by atoms with E-state index in [0.717, 1.165) is 30.0 Å². The number of nitrogens with one attached hydrogen (secondary N) is 1. The maximum absolute atomic E-state index is 5.67. The minimum absolute atomic E-state index is 0.0909. The highest BCUT2D eigenvalue weighted by molar-refractivity contribution is 5.61. The third kappa shape index (κ3) is 1.79. The summed E-state index contributed by atoms with van der Waals surface area (Å²) in [4.78, 5) is 1.38. The van der Waals surface area contributed by atoms with Crippen LogP contribution in [0.2, 0.25) is 0 Å².